The summed E-state index contributed by atoms with van der Waals surface area (Å²) >= 11 is 5.79. The van der Waals surface area contributed by atoms with Gasteiger partial charge in [0.1, 0.15) is 6.67 Å². The average Bonchev–Trinajstić information content (AvgIpc) is 2.16. The van der Waals surface area contributed by atoms with Crippen LogP contribution in [-0.4, -0.2) is 6.08 Å². The predicted molar refractivity (Wildman–Crippen MR) is 48.1 cm³/mol. The van der Waals surface area contributed by atoms with Gasteiger partial charge in [-0.2, -0.15) is 0 Å². The van der Waals surface area contributed by atoms with Crippen LogP contribution in [0.4, 0.5) is 4.39 Å². The summed E-state index contributed by atoms with van der Waals surface area (Å²) < 4.78 is 12.1. The van der Waals surface area contributed by atoms with Crippen molar-refractivity contribution in [2.45, 2.75) is 13.2 Å². The summed E-state index contributed by atoms with van der Waals surface area (Å²) in [6, 6.07) is 4.79. The van der Waals surface area contributed by atoms with Crippen molar-refractivity contribution in [3.05, 3.63) is 34.3 Å². The van der Waals surface area contributed by atoms with E-state index in [-0.39, 0.29) is 6.54 Å². The van der Waals surface area contributed by atoms with Gasteiger partial charge in [-0.25, -0.2) is 14.2 Å². The fourth-order valence-corrected chi connectivity index (χ4v) is 1.18. The van der Waals surface area contributed by atoms with Crippen LogP contribution in [0.1, 0.15) is 11.1 Å². The molecule has 0 bridgehead atoms. The van der Waals surface area contributed by atoms with Gasteiger partial charge in [-0.3, -0.25) is 0 Å². The molecular weight excluding hydrogens is 193 g/mol. The molecule has 0 amide bonds. The zero-order valence-electron chi connectivity index (χ0n) is 6.76. The number of carbonyl (C=O) groups excluding carboxylic acids is 1. The number of nitrogens with zero attached hydrogens (tertiary/aromatic N) is 1. The molecule has 0 spiro atoms. The summed E-state index contributed by atoms with van der Waals surface area (Å²) in [5.74, 6) is 0. The van der Waals surface area contributed by atoms with E-state index in [0.717, 1.165) is 0 Å². The van der Waals surface area contributed by atoms with Gasteiger partial charge in [0.2, 0.25) is 6.08 Å². The third-order valence-corrected chi connectivity index (χ3v) is 1.94. The molecule has 0 saturated heterocycles. The molecule has 0 N–H and O–H groups in total. The van der Waals surface area contributed by atoms with E-state index in [4.69, 9.17) is 11.6 Å². The minimum atomic E-state index is -0.545. The summed E-state index contributed by atoms with van der Waals surface area (Å²) in [7, 11) is 0. The van der Waals surface area contributed by atoms with Gasteiger partial charge in [0.25, 0.3) is 0 Å². The summed E-state index contributed by atoms with van der Waals surface area (Å²) in [5.41, 5.74) is 1.21. The molecule has 2 nitrogen and oxygen atoms in total. The lowest BCUT2D eigenvalue weighted by molar-refractivity contribution is 0.485. The summed E-state index contributed by atoms with van der Waals surface area (Å²) in [6.45, 7) is -0.355. The van der Waals surface area contributed by atoms with Gasteiger partial charge in [0.15, 0.2) is 0 Å². The zero-order chi connectivity index (χ0) is 9.68. The normalized spacial score (nSPS) is 9.38. The molecule has 0 aliphatic rings. The molecule has 1 aromatic carbocycles. The third-order valence-electron chi connectivity index (χ3n) is 1.59. The Morgan fingerprint density at radius 2 is 2.31 bits per heavy atom. The maximum absolute atomic E-state index is 12.1. The van der Waals surface area contributed by atoms with Crippen molar-refractivity contribution in [2.75, 3.05) is 0 Å². The molecule has 0 aliphatic heterocycles. The Bertz CT molecular complexity index is 347. The molecule has 1 aromatic rings. The fraction of sp³-hybridized carbons (Fsp3) is 0.222. The monoisotopic (exact) mass is 199 g/mol. The van der Waals surface area contributed by atoms with Crippen LogP contribution in [0.5, 0.6) is 0 Å². The smallest absolute Gasteiger partial charge is 0.235 e. The Balaban J connectivity index is 2.91. The number of hydrogen-bond acceptors (Lipinski definition) is 2. The van der Waals surface area contributed by atoms with E-state index in [0.29, 0.717) is 16.1 Å². The van der Waals surface area contributed by atoms with Crippen LogP contribution in [0.2, 0.25) is 5.02 Å². The Hall–Kier alpha value is -1.18. The number of hydrogen-bond donors (Lipinski definition) is 0. The van der Waals surface area contributed by atoms with Crippen LogP contribution in [-0.2, 0) is 18.0 Å². The van der Waals surface area contributed by atoms with Crippen molar-refractivity contribution in [3.8, 4) is 0 Å². The van der Waals surface area contributed by atoms with Crippen LogP contribution in [0.15, 0.2) is 23.2 Å². The van der Waals surface area contributed by atoms with Crippen LogP contribution in [0.25, 0.3) is 0 Å². The molecule has 0 saturated carbocycles. The van der Waals surface area contributed by atoms with Crippen molar-refractivity contribution in [1.29, 1.82) is 0 Å². The molecule has 1 rings (SSSR count). The number of isocyanates is 1. The minimum Gasteiger partial charge on any atom is -0.246 e. The summed E-state index contributed by atoms with van der Waals surface area (Å²) in [4.78, 5) is 13.2. The van der Waals surface area contributed by atoms with Gasteiger partial charge in [-0.05, 0) is 17.2 Å². The highest BCUT2D eigenvalue weighted by Crippen LogP contribution is 2.19. The highest BCUT2D eigenvalue weighted by Gasteiger charge is 2.00. The van der Waals surface area contributed by atoms with Crippen molar-refractivity contribution in [1.82, 2.24) is 0 Å². The number of halogens is 2. The standard InChI is InChI=1S/C9H7ClFNO/c10-9-3-7(4-11)1-2-8(9)5-12-6-13/h1-3H,4-5H2. The van der Waals surface area contributed by atoms with Crippen molar-refractivity contribution < 1.29 is 9.18 Å². The van der Waals surface area contributed by atoms with Gasteiger partial charge in [-0.1, -0.05) is 23.7 Å². The Kier molecular flexibility index (Phi) is 3.62. The minimum absolute atomic E-state index is 0.189. The highest BCUT2D eigenvalue weighted by atomic mass is 35.5. The van der Waals surface area contributed by atoms with Crippen molar-refractivity contribution in [2.24, 2.45) is 4.99 Å². The number of alkyl halides is 1. The first-order valence-corrected chi connectivity index (χ1v) is 4.02. The Morgan fingerprint density at radius 1 is 1.54 bits per heavy atom. The first-order valence-electron chi connectivity index (χ1n) is 3.65. The first kappa shape index (κ1) is 9.90. The van der Waals surface area contributed by atoms with Gasteiger partial charge in [0.05, 0.1) is 6.54 Å². The van der Waals surface area contributed by atoms with Gasteiger partial charge < -0.3 is 0 Å². The molecule has 0 fully saturated rings. The molecule has 13 heavy (non-hydrogen) atoms. The van der Waals surface area contributed by atoms with E-state index in [1.54, 1.807) is 12.1 Å². The second-order valence-electron chi connectivity index (χ2n) is 2.47. The van der Waals surface area contributed by atoms with E-state index in [1.807, 2.05) is 0 Å². The zero-order valence-corrected chi connectivity index (χ0v) is 7.51. The highest BCUT2D eigenvalue weighted by molar-refractivity contribution is 6.31. The molecule has 0 aromatic heterocycles. The van der Waals surface area contributed by atoms with E-state index < -0.39 is 6.67 Å². The van der Waals surface area contributed by atoms with E-state index in [1.165, 1.54) is 12.1 Å². The van der Waals surface area contributed by atoms with Gasteiger partial charge in [-0.15, -0.1) is 0 Å². The fourth-order valence-electron chi connectivity index (χ4n) is 0.920. The lowest BCUT2D eigenvalue weighted by Crippen LogP contribution is -1.86. The molecular formula is C9H7ClFNO. The third kappa shape index (κ3) is 2.65. The Labute approximate surface area is 80.1 Å². The van der Waals surface area contributed by atoms with Gasteiger partial charge >= 0.3 is 0 Å². The maximum Gasteiger partial charge on any atom is 0.235 e. The Morgan fingerprint density at radius 3 is 2.85 bits per heavy atom. The first-order chi connectivity index (χ1) is 6.27. The molecule has 0 unspecified atom stereocenters. The van der Waals surface area contributed by atoms with Gasteiger partial charge in [0, 0.05) is 5.02 Å². The average molecular weight is 200 g/mol. The number of benzene rings is 1. The van der Waals surface area contributed by atoms with Crippen molar-refractivity contribution >= 4 is 17.7 Å². The lowest BCUT2D eigenvalue weighted by atomic mass is 10.1. The van der Waals surface area contributed by atoms with Crippen LogP contribution < -0.4 is 0 Å². The predicted octanol–water partition coefficient (Wildman–Crippen LogP) is 2.65. The molecule has 0 heterocycles. The topological polar surface area (TPSA) is 29.4 Å². The molecule has 68 valence electrons. The summed E-state index contributed by atoms with van der Waals surface area (Å²) in [6.07, 6.45) is 1.41. The van der Waals surface area contributed by atoms with E-state index >= 15 is 0 Å². The van der Waals surface area contributed by atoms with E-state index in [9.17, 15) is 9.18 Å². The van der Waals surface area contributed by atoms with Crippen LogP contribution in [0.3, 0.4) is 0 Å². The maximum atomic E-state index is 12.1. The second kappa shape index (κ2) is 4.75. The largest absolute Gasteiger partial charge is 0.246 e. The SMILES string of the molecule is O=C=NCc1ccc(CF)cc1Cl. The molecule has 0 radical (unpaired) electrons. The number of aliphatic imine (C=N–C) groups is 1. The van der Waals surface area contributed by atoms with Crippen LogP contribution >= 0.6 is 11.6 Å². The van der Waals surface area contributed by atoms with Crippen molar-refractivity contribution in [3.63, 3.8) is 0 Å². The number of rotatable bonds is 3. The molecule has 0 atom stereocenters. The molecule has 4 heteroatoms. The lowest BCUT2D eigenvalue weighted by Gasteiger charge is -2.00. The molecule has 0 aliphatic carbocycles. The summed E-state index contributed by atoms with van der Waals surface area (Å²) in [5, 5.41) is 0.425. The quantitative estimate of drug-likeness (QED) is 0.544. The van der Waals surface area contributed by atoms with E-state index in [2.05, 4.69) is 4.99 Å². The van der Waals surface area contributed by atoms with Crippen LogP contribution in [0, 0.1) is 0 Å². The second-order valence-corrected chi connectivity index (χ2v) is 2.87.